The minimum absolute atomic E-state index is 0.0487. The summed E-state index contributed by atoms with van der Waals surface area (Å²) in [6.07, 6.45) is 7.40. The van der Waals surface area contributed by atoms with Crippen LogP contribution in [0.2, 0.25) is 0 Å². The van der Waals surface area contributed by atoms with E-state index >= 15 is 0 Å². The summed E-state index contributed by atoms with van der Waals surface area (Å²) >= 11 is 0. The van der Waals surface area contributed by atoms with Crippen molar-refractivity contribution in [3.63, 3.8) is 0 Å². The van der Waals surface area contributed by atoms with Crippen LogP contribution in [0.4, 0.5) is 0 Å². The van der Waals surface area contributed by atoms with Gasteiger partial charge in [-0.15, -0.1) is 0 Å². The second-order valence-corrected chi connectivity index (χ2v) is 4.23. The zero-order valence-electron chi connectivity index (χ0n) is 8.44. The maximum Gasteiger partial charge on any atom is 0.260 e. The smallest absolute Gasteiger partial charge is 0.260 e. The molecule has 78 valence electrons. The fourth-order valence-corrected chi connectivity index (χ4v) is 2.12. The van der Waals surface area contributed by atoms with E-state index in [1.165, 1.54) is 25.6 Å². The Morgan fingerprint density at radius 3 is 3.13 bits per heavy atom. The number of fused-ring (bicyclic) bond motifs is 1. The summed E-state index contributed by atoms with van der Waals surface area (Å²) in [5.74, 6) is 0.779. The highest BCUT2D eigenvalue weighted by Gasteiger charge is 2.18. The summed E-state index contributed by atoms with van der Waals surface area (Å²) in [7, 11) is 0. The van der Waals surface area contributed by atoms with Crippen molar-refractivity contribution in [1.82, 2.24) is 14.5 Å². The number of nitrogens with zero attached hydrogens (tertiary/aromatic N) is 2. The van der Waals surface area contributed by atoms with Crippen molar-refractivity contribution in [2.45, 2.75) is 25.8 Å². The molecule has 4 nitrogen and oxygen atoms in total. The summed E-state index contributed by atoms with van der Waals surface area (Å²) < 4.78 is 2.09. The molecule has 0 radical (unpaired) electrons. The van der Waals surface area contributed by atoms with E-state index in [4.69, 9.17) is 0 Å². The molecule has 15 heavy (non-hydrogen) atoms. The van der Waals surface area contributed by atoms with E-state index in [9.17, 15) is 4.79 Å². The van der Waals surface area contributed by atoms with Crippen LogP contribution in [0, 0.1) is 5.92 Å². The van der Waals surface area contributed by atoms with E-state index in [-0.39, 0.29) is 5.56 Å². The van der Waals surface area contributed by atoms with E-state index in [0.29, 0.717) is 5.39 Å². The number of aromatic amines is 1. The summed E-state index contributed by atoms with van der Waals surface area (Å²) in [5.41, 5.74) is 0.762. The van der Waals surface area contributed by atoms with Gasteiger partial charge >= 0.3 is 0 Å². The highest BCUT2D eigenvalue weighted by atomic mass is 16.1. The predicted octanol–water partition coefficient (Wildman–Crippen LogP) is 1.52. The largest absolute Gasteiger partial charge is 0.332 e. The normalized spacial score (nSPS) is 16.8. The molecule has 0 saturated heterocycles. The fourth-order valence-electron chi connectivity index (χ4n) is 2.12. The van der Waals surface area contributed by atoms with Crippen molar-refractivity contribution in [3.05, 3.63) is 28.9 Å². The Balaban J connectivity index is 2.03. The number of hydrogen-bond acceptors (Lipinski definition) is 2. The van der Waals surface area contributed by atoms with Crippen molar-refractivity contribution >= 4 is 11.0 Å². The molecule has 0 aliphatic heterocycles. The standard InChI is InChI=1S/C11H13N3O/c15-11-9-4-5-14(6-8-2-1-3-8)10(9)12-7-13-11/h4-5,7-8H,1-3,6H2,(H,12,13,15). The van der Waals surface area contributed by atoms with E-state index in [1.807, 2.05) is 12.3 Å². The van der Waals surface area contributed by atoms with Crippen LogP contribution in [0.3, 0.4) is 0 Å². The van der Waals surface area contributed by atoms with Gasteiger partial charge < -0.3 is 9.55 Å². The van der Waals surface area contributed by atoms with Gasteiger partial charge in [0.25, 0.3) is 5.56 Å². The van der Waals surface area contributed by atoms with E-state index in [1.54, 1.807) is 0 Å². The lowest BCUT2D eigenvalue weighted by Crippen LogP contribution is -2.18. The molecule has 0 atom stereocenters. The quantitative estimate of drug-likeness (QED) is 0.804. The number of aromatic nitrogens is 3. The molecule has 2 aromatic heterocycles. The maximum atomic E-state index is 11.5. The molecule has 3 rings (SSSR count). The maximum absolute atomic E-state index is 11.5. The fraction of sp³-hybridized carbons (Fsp3) is 0.455. The van der Waals surface area contributed by atoms with Crippen molar-refractivity contribution < 1.29 is 0 Å². The summed E-state index contributed by atoms with van der Waals surface area (Å²) in [6.45, 7) is 1.000. The number of rotatable bonds is 2. The Labute approximate surface area is 87.0 Å². The minimum Gasteiger partial charge on any atom is -0.332 e. The van der Waals surface area contributed by atoms with Gasteiger partial charge in [0.15, 0.2) is 0 Å². The molecule has 1 aliphatic rings. The molecule has 2 heterocycles. The van der Waals surface area contributed by atoms with Gasteiger partial charge in [-0.1, -0.05) is 6.42 Å². The molecule has 1 saturated carbocycles. The molecule has 2 aromatic rings. The molecule has 1 fully saturated rings. The first kappa shape index (κ1) is 8.71. The second kappa shape index (κ2) is 3.22. The molecule has 0 aromatic carbocycles. The van der Waals surface area contributed by atoms with E-state index in [2.05, 4.69) is 14.5 Å². The second-order valence-electron chi connectivity index (χ2n) is 4.23. The highest BCUT2D eigenvalue weighted by molar-refractivity contribution is 5.74. The monoisotopic (exact) mass is 203 g/mol. The van der Waals surface area contributed by atoms with Crippen LogP contribution >= 0.6 is 0 Å². The first-order valence-electron chi connectivity index (χ1n) is 5.37. The van der Waals surface area contributed by atoms with Crippen LogP contribution in [-0.2, 0) is 6.54 Å². The third-order valence-corrected chi connectivity index (χ3v) is 3.24. The number of H-pyrrole nitrogens is 1. The van der Waals surface area contributed by atoms with Gasteiger partial charge in [-0.25, -0.2) is 4.98 Å². The lowest BCUT2D eigenvalue weighted by molar-refractivity contribution is 0.279. The zero-order valence-corrected chi connectivity index (χ0v) is 8.44. The first-order chi connectivity index (χ1) is 7.34. The average Bonchev–Trinajstić information content (AvgIpc) is 2.56. The Kier molecular flexibility index (Phi) is 1.87. The Bertz CT molecular complexity index is 536. The topological polar surface area (TPSA) is 50.7 Å². The van der Waals surface area contributed by atoms with Crippen molar-refractivity contribution in [2.24, 2.45) is 5.92 Å². The van der Waals surface area contributed by atoms with Crippen LogP contribution < -0.4 is 5.56 Å². The first-order valence-corrected chi connectivity index (χ1v) is 5.37. The van der Waals surface area contributed by atoms with Gasteiger partial charge in [-0.3, -0.25) is 4.79 Å². The lowest BCUT2D eigenvalue weighted by Gasteiger charge is -2.25. The molecule has 0 amide bonds. The van der Waals surface area contributed by atoms with Gasteiger partial charge in [-0.05, 0) is 24.8 Å². The molecule has 1 N–H and O–H groups in total. The molecule has 0 spiro atoms. The third kappa shape index (κ3) is 1.37. The molecular weight excluding hydrogens is 190 g/mol. The highest BCUT2D eigenvalue weighted by Crippen LogP contribution is 2.28. The Morgan fingerprint density at radius 2 is 2.40 bits per heavy atom. The minimum atomic E-state index is -0.0487. The molecule has 4 heteroatoms. The lowest BCUT2D eigenvalue weighted by atomic mass is 9.85. The van der Waals surface area contributed by atoms with E-state index in [0.717, 1.165) is 18.1 Å². The molecule has 1 aliphatic carbocycles. The van der Waals surface area contributed by atoms with Crippen LogP contribution in [-0.4, -0.2) is 14.5 Å². The zero-order chi connectivity index (χ0) is 10.3. The van der Waals surface area contributed by atoms with Crippen molar-refractivity contribution in [1.29, 1.82) is 0 Å². The van der Waals surface area contributed by atoms with E-state index < -0.39 is 0 Å². The predicted molar refractivity (Wildman–Crippen MR) is 57.7 cm³/mol. The summed E-state index contributed by atoms with van der Waals surface area (Å²) in [4.78, 5) is 18.3. The van der Waals surface area contributed by atoms with Crippen molar-refractivity contribution in [3.8, 4) is 0 Å². The molecule has 0 bridgehead atoms. The average molecular weight is 203 g/mol. The summed E-state index contributed by atoms with van der Waals surface area (Å²) in [6, 6.07) is 1.85. The van der Waals surface area contributed by atoms with Crippen LogP contribution in [0.15, 0.2) is 23.4 Å². The third-order valence-electron chi connectivity index (χ3n) is 3.24. The van der Waals surface area contributed by atoms with Crippen LogP contribution in [0.1, 0.15) is 19.3 Å². The molecule has 0 unspecified atom stereocenters. The molecular formula is C11H13N3O. The van der Waals surface area contributed by atoms with Gasteiger partial charge in [0.1, 0.15) is 5.65 Å². The van der Waals surface area contributed by atoms with Gasteiger partial charge in [0.2, 0.25) is 0 Å². The van der Waals surface area contributed by atoms with Crippen molar-refractivity contribution in [2.75, 3.05) is 0 Å². The number of hydrogen-bond donors (Lipinski definition) is 1. The van der Waals surface area contributed by atoms with Crippen LogP contribution in [0.5, 0.6) is 0 Å². The van der Waals surface area contributed by atoms with Gasteiger partial charge in [0, 0.05) is 12.7 Å². The van der Waals surface area contributed by atoms with Crippen LogP contribution in [0.25, 0.3) is 11.0 Å². The SMILES string of the molecule is O=c1[nH]cnc2c1ccn2CC1CCC1. The Morgan fingerprint density at radius 1 is 1.53 bits per heavy atom. The van der Waals surface area contributed by atoms with Gasteiger partial charge in [-0.2, -0.15) is 0 Å². The summed E-state index contributed by atoms with van der Waals surface area (Å²) in [5, 5.41) is 0.692. The number of nitrogens with one attached hydrogen (secondary N) is 1. The van der Waals surface area contributed by atoms with Gasteiger partial charge in [0.05, 0.1) is 11.7 Å². The Hall–Kier alpha value is -1.58.